The first-order valence-electron chi connectivity index (χ1n) is 16.4. The fourth-order valence-corrected chi connectivity index (χ4v) is 5.06. The topological polar surface area (TPSA) is 266 Å². The summed E-state index contributed by atoms with van der Waals surface area (Å²) in [5.41, 5.74) is 0. The van der Waals surface area contributed by atoms with E-state index in [0.29, 0.717) is 19.3 Å². The number of aliphatic hydroxyl groups excluding tert-OH is 6. The first-order chi connectivity index (χ1) is 22.7. The molecule has 18 nitrogen and oxygen atoms in total. The second-order valence-electron chi connectivity index (χ2n) is 12.0. The first kappa shape index (κ1) is 41.8. The number of aliphatic hydroxyl groups is 6. The normalized spacial score (nSPS) is 30.5. The van der Waals surface area contributed by atoms with Crippen LogP contribution in [0.25, 0.3) is 0 Å². The molecule has 0 aromatic rings. The fourth-order valence-electron chi connectivity index (χ4n) is 5.06. The number of Topliss-reactive ketones (excluding diaryl/α,β-unsaturated/α-hetero) is 1. The zero-order valence-corrected chi connectivity index (χ0v) is 27.9. The lowest BCUT2D eigenvalue weighted by atomic mass is 10.0. The van der Waals surface area contributed by atoms with Crippen molar-refractivity contribution in [3.05, 3.63) is 0 Å². The monoisotopic (exact) mass is 694 g/mol. The smallest absolute Gasteiger partial charge is 0.221 e. The number of hydrogen-bond donors (Lipinski definition) is 9. The van der Waals surface area contributed by atoms with Crippen LogP contribution in [0.15, 0.2) is 0 Å². The summed E-state index contributed by atoms with van der Waals surface area (Å²) < 4.78 is 21.5. The highest BCUT2D eigenvalue weighted by Crippen LogP contribution is 2.22. The molecule has 0 aliphatic carbocycles. The standard InChI is InChI=1S/C30H54N4O14/c1-17-23(39)25(41)27(43)29(47-17)45-14-10-32-21(37)8-12-34(16-19(35)6-4-5-7-20(36)31-3)13-9-22(38)33-11-15-46-30-28(44)26(42)24(40)18(2)48-30/h17-18,23-30,39-44H,4-16H2,1-3H3,(H,31,36)(H,32,37)(H,33,38)/t17-,18-,23+,24+,25+,26+,27-,28-,29+,30+/m0/s1. The molecule has 0 radical (unpaired) electrons. The Bertz CT molecular complexity index is 951. The number of ketones is 1. The molecule has 9 N–H and O–H groups in total. The van der Waals surface area contributed by atoms with Gasteiger partial charge < -0.3 is 65.5 Å². The summed E-state index contributed by atoms with van der Waals surface area (Å²) in [4.78, 5) is 50.8. The zero-order chi connectivity index (χ0) is 35.8. The van der Waals surface area contributed by atoms with Crippen LogP contribution in [0.3, 0.4) is 0 Å². The van der Waals surface area contributed by atoms with Gasteiger partial charge in [-0.05, 0) is 26.7 Å². The third-order valence-electron chi connectivity index (χ3n) is 8.13. The van der Waals surface area contributed by atoms with Gasteiger partial charge in [0.05, 0.1) is 32.0 Å². The Kier molecular flexibility index (Phi) is 18.9. The number of unbranched alkanes of at least 4 members (excludes halogenated alkanes) is 1. The highest BCUT2D eigenvalue weighted by molar-refractivity contribution is 5.81. The van der Waals surface area contributed by atoms with Crippen LogP contribution < -0.4 is 16.0 Å². The van der Waals surface area contributed by atoms with Crippen LogP contribution in [-0.4, -0.2) is 173 Å². The number of carbonyl (C=O) groups excluding carboxylic acids is 4. The molecule has 0 saturated carbocycles. The summed E-state index contributed by atoms with van der Waals surface area (Å²) >= 11 is 0. The van der Waals surface area contributed by atoms with Gasteiger partial charge in [-0.25, -0.2) is 0 Å². The zero-order valence-electron chi connectivity index (χ0n) is 27.9. The minimum atomic E-state index is -1.46. The molecule has 0 spiro atoms. The molecule has 0 bridgehead atoms. The molecule has 2 aliphatic heterocycles. The number of amides is 3. The predicted octanol–water partition coefficient (Wildman–Crippen LogP) is -4.14. The van der Waals surface area contributed by atoms with Crippen LogP contribution in [0.1, 0.15) is 52.4 Å². The average Bonchev–Trinajstić information content (AvgIpc) is 3.06. The third-order valence-corrected chi connectivity index (χ3v) is 8.13. The van der Waals surface area contributed by atoms with E-state index in [4.69, 9.17) is 18.9 Å². The molecule has 2 fully saturated rings. The van der Waals surface area contributed by atoms with Gasteiger partial charge in [-0.1, -0.05) is 0 Å². The first-order valence-corrected chi connectivity index (χ1v) is 16.4. The van der Waals surface area contributed by atoms with Crippen molar-refractivity contribution in [1.29, 1.82) is 0 Å². The van der Waals surface area contributed by atoms with E-state index in [-0.39, 0.29) is 88.7 Å². The molecule has 48 heavy (non-hydrogen) atoms. The van der Waals surface area contributed by atoms with E-state index in [0.717, 1.165) is 0 Å². The Morgan fingerprint density at radius 3 is 1.50 bits per heavy atom. The third kappa shape index (κ3) is 14.2. The van der Waals surface area contributed by atoms with Crippen LogP contribution in [0.2, 0.25) is 0 Å². The Morgan fingerprint density at radius 1 is 0.625 bits per heavy atom. The van der Waals surface area contributed by atoms with Gasteiger partial charge in [-0.3, -0.25) is 24.1 Å². The Labute approximate surface area is 280 Å². The number of hydrogen-bond acceptors (Lipinski definition) is 15. The highest BCUT2D eigenvalue weighted by Gasteiger charge is 2.43. The lowest BCUT2D eigenvalue weighted by Gasteiger charge is -2.38. The number of nitrogens with zero attached hydrogens (tertiary/aromatic N) is 1. The van der Waals surface area contributed by atoms with E-state index >= 15 is 0 Å². The molecule has 0 aromatic heterocycles. The molecule has 3 amide bonds. The molecule has 10 atom stereocenters. The number of rotatable bonds is 21. The van der Waals surface area contributed by atoms with Gasteiger partial charge in [0.1, 0.15) is 42.4 Å². The van der Waals surface area contributed by atoms with Crippen molar-refractivity contribution in [3.8, 4) is 0 Å². The van der Waals surface area contributed by atoms with Crippen molar-refractivity contribution in [3.63, 3.8) is 0 Å². The number of nitrogens with one attached hydrogen (secondary N) is 3. The van der Waals surface area contributed by atoms with Gasteiger partial charge in [0.15, 0.2) is 12.6 Å². The summed E-state index contributed by atoms with van der Waals surface area (Å²) in [7, 11) is 1.54. The minimum Gasteiger partial charge on any atom is -0.388 e. The molecule has 0 unspecified atom stereocenters. The van der Waals surface area contributed by atoms with Crippen LogP contribution in [-0.2, 0) is 38.1 Å². The molecule has 18 heteroatoms. The predicted molar refractivity (Wildman–Crippen MR) is 166 cm³/mol. The molecule has 0 aromatic carbocycles. The van der Waals surface area contributed by atoms with Crippen LogP contribution >= 0.6 is 0 Å². The molecule has 278 valence electrons. The summed E-state index contributed by atoms with van der Waals surface area (Å²) in [5, 5.41) is 67.2. The van der Waals surface area contributed by atoms with Gasteiger partial charge >= 0.3 is 0 Å². The van der Waals surface area contributed by atoms with Crippen molar-refractivity contribution in [1.82, 2.24) is 20.9 Å². The van der Waals surface area contributed by atoms with E-state index in [9.17, 15) is 49.8 Å². The molecule has 2 rings (SSSR count). The Morgan fingerprint density at radius 2 is 1.06 bits per heavy atom. The van der Waals surface area contributed by atoms with Crippen molar-refractivity contribution in [2.45, 2.75) is 114 Å². The van der Waals surface area contributed by atoms with Crippen LogP contribution in [0.5, 0.6) is 0 Å². The summed E-state index contributed by atoms with van der Waals surface area (Å²) in [6, 6.07) is 0. The average molecular weight is 695 g/mol. The largest absolute Gasteiger partial charge is 0.388 e. The molecule has 2 aliphatic rings. The summed E-state index contributed by atoms with van der Waals surface area (Å²) in [6.45, 7) is 3.43. The van der Waals surface area contributed by atoms with E-state index in [1.807, 2.05) is 0 Å². The maximum absolute atomic E-state index is 12.7. The van der Waals surface area contributed by atoms with Crippen LogP contribution in [0, 0.1) is 0 Å². The lowest BCUT2D eigenvalue weighted by Crippen LogP contribution is -2.57. The minimum absolute atomic E-state index is 0.000699. The highest BCUT2D eigenvalue weighted by atomic mass is 16.7. The fraction of sp³-hybridized carbons (Fsp3) is 0.867. The van der Waals surface area contributed by atoms with E-state index in [1.54, 1.807) is 11.9 Å². The van der Waals surface area contributed by atoms with Crippen molar-refractivity contribution >= 4 is 23.5 Å². The van der Waals surface area contributed by atoms with E-state index in [1.165, 1.54) is 13.8 Å². The van der Waals surface area contributed by atoms with Crippen molar-refractivity contribution in [2.24, 2.45) is 0 Å². The molecular formula is C30H54N4O14. The van der Waals surface area contributed by atoms with E-state index < -0.39 is 61.4 Å². The Hall–Kier alpha value is -2.36. The van der Waals surface area contributed by atoms with Gasteiger partial charge in [-0.15, -0.1) is 0 Å². The van der Waals surface area contributed by atoms with E-state index in [2.05, 4.69) is 16.0 Å². The van der Waals surface area contributed by atoms with Gasteiger partial charge in [-0.2, -0.15) is 0 Å². The number of ether oxygens (including phenoxy) is 4. The maximum atomic E-state index is 12.7. The van der Waals surface area contributed by atoms with Crippen molar-refractivity contribution < 1.29 is 68.8 Å². The Balaban J connectivity index is 1.76. The lowest BCUT2D eigenvalue weighted by molar-refractivity contribution is -0.292. The second kappa shape index (κ2) is 21.7. The quantitative estimate of drug-likeness (QED) is 0.0517. The van der Waals surface area contributed by atoms with Gasteiger partial charge in [0.25, 0.3) is 0 Å². The second-order valence-corrected chi connectivity index (χ2v) is 12.0. The maximum Gasteiger partial charge on any atom is 0.221 e. The molecular weight excluding hydrogens is 640 g/mol. The van der Waals surface area contributed by atoms with Crippen LogP contribution in [0.4, 0.5) is 0 Å². The van der Waals surface area contributed by atoms with Gasteiger partial charge in [0.2, 0.25) is 17.7 Å². The molecule has 2 heterocycles. The van der Waals surface area contributed by atoms with Crippen molar-refractivity contribution in [2.75, 3.05) is 53.0 Å². The summed E-state index contributed by atoms with van der Waals surface area (Å²) in [6.07, 6.45) is -10.6. The number of carbonyl (C=O) groups is 4. The summed E-state index contributed by atoms with van der Waals surface area (Å²) in [5.74, 6) is -0.916. The SMILES string of the molecule is CNC(=O)CCCCC(=O)CN(CCC(=O)NCCO[C@@H]1O[C@@H](C)[C@@H](O)[C@@H](O)[C@@H]1O)CCC(=O)NCCO[C@@H]1O[C@@H](C)[C@@H](O)[C@@H](O)[C@@H]1O. The molecule has 2 saturated heterocycles. The van der Waals surface area contributed by atoms with Gasteiger partial charge in [0, 0.05) is 58.9 Å².